The Morgan fingerprint density at radius 3 is 2.25 bits per heavy atom. The lowest BCUT2D eigenvalue weighted by Gasteiger charge is -2.14. The molecule has 0 aliphatic heterocycles. The van der Waals surface area contributed by atoms with Crippen molar-refractivity contribution in [3.05, 3.63) is 64.2 Å². The third-order valence-electron chi connectivity index (χ3n) is 3.06. The maximum Gasteiger partial charge on any atom is 0.132 e. The molecule has 2 rings (SSSR count). The molecule has 0 saturated carbocycles. The molecule has 0 saturated heterocycles. The van der Waals surface area contributed by atoms with E-state index in [1.54, 1.807) is 0 Å². The quantitative estimate of drug-likeness (QED) is 0.729. The molecule has 2 aromatic rings. The van der Waals surface area contributed by atoms with Crippen molar-refractivity contribution in [3.8, 4) is 5.75 Å². The SMILES string of the molecule is Cc1cc(CCl)cc(C)c1OCc1ccc(F)cc1F. The van der Waals surface area contributed by atoms with E-state index in [0.717, 1.165) is 22.8 Å². The normalized spacial score (nSPS) is 10.7. The molecule has 0 N–H and O–H groups in total. The third kappa shape index (κ3) is 3.28. The lowest BCUT2D eigenvalue weighted by molar-refractivity contribution is 0.295. The summed E-state index contributed by atoms with van der Waals surface area (Å²) in [6.07, 6.45) is 0. The monoisotopic (exact) mass is 296 g/mol. The zero-order valence-electron chi connectivity index (χ0n) is 11.3. The lowest BCUT2D eigenvalue weighted by Crippen LogP contribution is -2.02. The zero-order chi connectivity index (χ0) is 14.7. The molecule has 0 unspecified atom stereocenters. The summed E-state index contributed by atoms with van der Waals surface area (Å²) in [6.45, 7) is 3.90. The first-order chi connectivity index (χ1) is 9.51. The molecular formula is C16H15ClF2O. The lowest BCUT2D eigenvalue weighted by atomic mass is 10.1. The van der Waals surface area contributed by atoms with Gasteiger partial charge in [-0.25, -0.2) is 8.78 Å². The van der Waals surface area contributed by atoms with Gasteiger partial charge in [-0.3, -0.25) is 0 Å². The molecule has 1 nitrogen and oxygen atoms in total. The van der Waals surface area contributed by atoms with Crippen molar-refractivity contribution in [2.24, 2.45) is 0 Å². The Labute approximate surface area is 122 Å². The first-order valence-corrected chi connectivity index (χ1v) is 6.77. The highest BCUT2D eigenvalue weighted by molar-refractivity contribution is 6.17. The number of alkyl halides is 1. The molecule has 2 aromatic carbocycles. The maximum absolute atomic E-state index is 13.5. The van der Waals surface area contributed by atoms with Gasteiger partial charge in [0.15, 0.2) is 0 Å². The predicted molar refractivity (Wildman–Crippen MR) is 76.2 cm³/mol. The Bertz CT molecular complexity index is 603. The van der Waals surface area contributed by atoms with Gasteiger partial charge in [0.1, 0.15) is 24.0 Å². The number of ether oxygens (including phenoxy) is 1. The van der Waals surface area contributed by atoms with Gasteiger partial charge in [-0.05, 0) is 42.7 Å². The Hall–Kier alpha value is -1.61. The molecule has 0 atom stereocenters. The Balaban J connectivity index is 2.19. The maximum atomic E-state index is 13.5. The van der Waals surface area contributed by atoms with Gasteiger partial charge in [-0.2, -0.15) is 0 Å². The summed E-state index contributed by atoms with van der Waals surface area (Å²) < 4.78 is 32.0. The molecule has 106 valence electrons. The Kier molecular flexibility index (Phi) is 4.61. The molecule has 0 aliphatic carbocycles. The van der Waals surface area contributed by atoms with Crippen LogP contribution in [0.25, 0.3) is 0 Å². The largest absolute Gasteiger partial charge is 0.488 e. The van der Waals surface area contributed by atoms with Gasteiger partial charge in [-0.1, -0.05) is 12.1 Å². The summed E-state index contributed by atoms with van der Waals surface area (Å²) in [6, 6.07) is 7.35. The molecule has 0 heterocycles. The Morgan fingerprint density at radius 1 is 1.05 bits per heavy atom. The summed E-state index contributed by atoms with van der Waals surface area (Å²) >= 11 is 5.81. The van der Waals surface area contributed by atoms with E-state index >= 15 is 0 Å². The van der Waals surface area contributed by atoms with Gasteiger partial charge in [0.25, 0.3) is 0 Å². The average molecular weight is 297 g/mol. The van der Waals surface area contributed by atoms with Crippen molar-refractivity contribution in [2.45, 2.75) is 26.3 Å². The molecule has 20 heavy (non-hydrogen) atoms. The standard InChI is InChI=1S/C16H15ClF2O/c1-10-5-12(8-17)6-11(2)16(10)20-9-13-3-4-14(18)7-15(13)19/h3-7H,8-9H2,1-2H3. The summed E-state index contributed by atoms with van der Waals surface area (Å²) in [5.41, 5.74) is 3.24. The molecule has 0 bridgehead atoms. The first kappa shape index (κ1) is 14.8. The van der Waals surface area contributed by atoms with Gasteiger partial charge in [0, 0.05) is 17.5 Å². The molecule has 0 radical (unpaired) electrons. The second-order valence-corrected chi connectivity index (χ2v) is 4.98. The van der Waals surface area contributed by atoms with Crippen molar-refractivity contribution in [1.29, 1.82) is 0 Å². The van der Waals surface area contributed by atoms with Crippen molar-refractivity contribution >= 4 is 11.6 Å². The van der Waals surface area contributed by atoms with E-state index in [0.29, 0.717) is 17.2 Å². The highest BCUT2D eigenvalue weighted by Gasteiger charge is 2.09. The van der Waals surface area contributed by atoms with Crippen LogP contribution in [-0.4, -0.2) is 0 Å². The van der Waals surface area contributed by atoms with Crippen molar-refractivity contribution in [3.63, 3.8) is 0 Å². The third-order valence-corrected chi connectivity index (χ3v) is 3.37. The molecule has 4 heteroatoms. The van der Waals surface area contributed by atoms with Gasteiger partial charge < -0.3 is 4.74 Å². The number of hydrogen-bond acceptors (Lipinski definition) is 1. The fourth-order valence-corrected chi connectivity index (χ4v) is 2.29. The minimum Gasteiger partial charge on any atom is -0.488 e. The number of hydrogen-bond donors (Lipinski definition) is 0. The van der Waals surface area contributed by atoms with Crippen LogP contribution in [0.2, 0.25) is 0 Å². The van der Waals surface area contributed by atoms with Crippen LogP contribution in [0.3, 0.4) is 0 Å². The number of rotatable bonds is 4. The summed E-state index contributed by atoms with van der Waals surface area (Å²) in [7, 11) is 0. The number of benzene rings is 2. The summed E-state index contributed by atoms with van der Waals surface area (Å²) in [5.74, 6) is -0.0421. The molecule has 0 fully saturated rings. The van der Waals surface area contributed by atoms with Crippen molar-refractivity contribution < 1.29 is 13.5 Å². The number of halogens is 3. The van der Waals surface area contributed by atoms with Crippen LogP contribution in [0, 0.1) is 25.5 Å². The van der Waals surface area contributed by atoms with Crippen LogP contribution in [0.15, 0.2) is 30.3 Å². The van der Waals surface area contributed by atoms with Crippen LogP contribution in [0.4, 0.5) is 8.78 Å². The van der Waals surface area contributed by atoms with Crippen molar-refractivity contribution in [1.82, 2.24) is 0 Å². The smallest absolute Gasteiger partial charge is 0.132 e. The van der Waals surface area contributed by atoms with Crippen LogP contribution < -0.4 is 4.74 Å². The minimum absolute atomic E-state index is 0.0635. The van der Waals surface area contributed by atoms with E-state index in [1.165, 1.54) is 12.1 Å². The van der Waals surface area contributed by atoms with Gasteiger partial charge in [0.05, 0.1) is 0 Å². The molecule has 0 aromatic heterocycles. The molecular weight excluding hydrogens is 282 g/mol. The van der Waals surface area contributed by atoms with Gasteiger partial charge in [0.2, 0.25) is 0 Å². The topological polar surface area (TPSA) is 9.23 Å². The number of aryl methyl sites for hydroxylation is 2. The molecule has 0 spiro atoms. The predicted octanol–water partition coefficient (Wildman–Crippen LogP) is 4.90. The van der Waals surface area contributed by atoms with Crippen molar-refractivity contribution in [2.75, 3.05) is 0 Å². The zero-order valence-corrected chi connectivity index (χ0v) is 12.1. The van der Waals surface area contributed by atoms with E-state index in [2.05, 4.69) is 0 Å². The van der Waals surface area contributed by atoms with Gasteiger partial charge in [-0.15, -0.1) is 11.6 Å². The van der Waals surface area contributed by atoms with Crippen LogP contribution in [-0.2, 0) is 12.5 Å². The van der Waals surface area contributed by atoms with E-state index in [1.807, 2.05) is 26.0 Å². The summed E-state index contributed by atoms with van der Waals surface area (Å²) in [4.78, 5) is 0. The van der Waals surface area contributed by atoms with E-state index in [4.69, 9.17) is 16.3 Å². The first-order valence-electron chi connectivity index (χ1n) is 6.24. The van der Waals surface area contributed by atoms with E-state index < -0.39 is 11.6 Å². The summed E-state index contributed by atoms with van der Waals surface area (Å²) in [5, 5.41) is 0. The molecule has 0 amide bonds. The second-order valence-electron chi connectivity index (χ2n) is 4.72. The van der Waals surface area contributed by atoms with E-state index in [-0.39, 0.29) is 6.61 Å². The highest BCUT2D eigenvalue weighted by Crippen LogP contribution is 2.26. The highest BCUT2D eigenvalue weighted by atomic mass is 35.5. The molecule has 0 aliphatic rings. The van der Waals surface area contributed by atoms with Gasteiger partial charge >= 0.3 is 0 Å². The average Bonchev–Trinajstić information content (AvgIpc) is 2.39. The van der Waals surface area contributed by atoms with E-state index in [9.17, 15) is 8.78 Å². The van der Waals surface area contributed by atoms with Crippen LogP contribution in [0.1, 0.15) is 22.3 Å². The second kappa shape index (κ2) is 6.23. The Morgan fingerprint density at radius 2 is 1.70 bits per heavy atom. The van der Waals surface area contributed by atoms with Crippen LogP contribution in [0.5, 0.6) is 5.75 Å². The fourth-order valence-electron chi connectivity index (χ4n) is 2.13. The van der Waals surface area contributed by atoms with Crippen LogP contribution >= 0.6 is 11.6 Å². The fraction of sp³-hybridized carbons (Fsp3) is 0.250. The minimum atomic E-state index is -0.599.